The van der Waals surface area contributed by atoms with Crippen molar-refractivity contribution in [3.8, 4) is 5.75 Å². The Bertz CT molecular complexity index is 1130. The Labute approximate surface area is 215 Å². The number of benzene rings is 1. The second-order valence-corrected chi connectivity index (χ2v) is 12.9. The molecule has 0 saturated heterocycles. The Hall–Kier alpha value is -1.95. The standard InChI is InChI=1S/C30H43N3O3/c1-19-11-14-30(18-35-3)20(15-19)5-7-22-23-8-9-25(29(23,2)13-12-24(22)30)28(34)17-33-31-26-10-6-21(36-4)16-27(26)32-33/h6,10,16,19-20,22-25H,5,7-9,11-15,17-18H2,1-4H3. The molecule has 1 heterocycles. The molecule has 2 aromatic rings. The van der Waals surface area contributed by atoms with Gasteiger partial charge in [-0.1, -0.05) is 20.3 Å². The van der Waals surface area contributed by atoms with E-state index in [1.165, 1.54) is 51.4 Å². The van der Waals surface area contributed by atoms with Crippen molar-refractivity contribution in [3.05, 3.63) is 18.2 Å². The topological polar surface area (TPSA) is 66.2 Å². The molecule has 4 aliphatic rings. The first-order valence-corrected chi connectivity index (χ1v) is 14.3. The van der Waals surface area contributed by atoms with Crippen LogP contribution < -0.4 is 4.74 Å². The third-order valence-corrected chi connectivity index (χ3v) is 11.4. The molecule has 36 heavy (non-hydrogen) atoms. The van der Waals surface area contributed by atoms with Gasteiger partial charge in [0.2, 0.25) is 0 Å². The van der Waals surface area contributed by atoms with Gasteiger partial charge in [-0.3, -0.25) is 4.79 Å². The van der Waals surface area contributed by atoms with Gasteiger partial charge in [0.05, 0.1) is 13.7 Å². The summed E-state index contributed by atoms with van der Waals surface area (Å²) in [6.07, 6.45) is 11.4. The molecule has 0 N–H and O–H groups in total. The first-order chi connectivity index (χ1) is 17.4. The van der Waals surface area contributed by atoms with Gasteiger partial charge in [-0.05, 0) is 104 Å². The van der Waals surface area contributed by atoms with Crippen LogP contribution in [0.2, 0.25) is 0 Å². The van der Waals surface area contributed by atoms with Gasteiger partial charge in [0.1, 0.15) is 23.3 Å². The summed E-state index contributed by atoms with van der Waals surface area (Å²) in [5.74, 6) is 5.05. The molecule has 1 aromatic heterocycles. The van der Waals surface area contributed by atoms with Crippen molar-refractivity contribution in [2.45, 2.75) is 78.2 Å². The SMILES string of the molecule is COCC12CCC(C)CC1CCC1C3CCC(C(=O)Cn4nc5ccc(OC)cc5n4)C3(C)CCC12. The molecule has 0 spiro atoms. The Balaban J connectivity index is 1.21. The van der Waals surface area contributed by atoms with Crippen molar-refractivity contribution in [3.63, 3.8) is 0 Å². The summed E-state index contributed by atoms with van der Waals surface area (Å²) in [5, 5.41) is 9.18. The lowest BCUT2D eigenvalue weighted by Crippen LogP contribution is -2.56. The van der Waals surface area contributed by atoms with Crippen LogP contribution >= 0.6 is 0 Å². The van der Waals surface area contributed by atoms with E-state index in [1.807, 2.05) is 25.3 Å². The molecule has 6 heteroatoms. The van der Waals surface area contributed by atoms with Gasteiger partial charge >= 0.3 is 0 Å². The van der Waals surface area contributed by atoms with E-state index in [-0.39, 0.29) is 17.9 Å². The van der Waals surface area contributed by atoms with Crippen LogP contribution in [0.3, 0.4) is 0 Å². The van der Waals surface area contributed by atoms with Crippen LogP contribution in [-0.4, -0.2) is 41.6 Å². The average Bonchev–Trinajstić information content (AvgIpc) is 3.43. The van der Waals surface area contributed by atoms with E-state index < -0.39 is 0 Å². The van der Waals surface area contributed by atoms with Crippen molar-refractivity contribution in [2.75, 3.05) is 20.8 Å². The molecule has 8 unspecified atom stereocenters. The third kappa shape index (κ3) is 3.73. The summed E-state index contributed by atoms with van der Waals surface area (Å²) < 4.78 is 11.3. The van der Waals surface area contributed by atoms with Crippen molar-refractivity contribution in [2.24, 2.45) is 46.3 Å². The minimum absolute atomic E-state index is 0.108. The van der Waals surface area contributed by atoms with Gasteiger partial charge in [0.25, 0.3) is 0 Å². The van der Waals surface area contributed by atoms with Gasteiger partial charge in [-0.15, -0.1) is 0 Å². The van der Waals surface area contributed by atoms with Crippen molar-refractivity contribution >= 4 is 16.8 Å². The fourth-order valence-electron chi connectivity index (χ4n) is 9.73. The number of hydrogen-bond acceptors (Lipinski definition) is 5. The molecule has 4 aliphatic carbocycles. The normalized spacial score (nSPS) is 39.9. The summed E-state index contributed by atoms with van der Waals surface area (Å²) in [5.41, 5.74) is 2.06. The maximum absolute atomic E-state index is 13.7. The highest BCUT2D eigenvalue weighted by Crippen LogP contribution is 2.68. The number of fused-ring (bicyclic) bond motifs is 6. The second-order valence-electron chi connectivity index (χ2n) is 12.9. The van der Waals surface area contributed by atoms with Crippen LogP contribution in [0.25, 0.3) is 11.0 Å². The number of carbonyl (C=O) groups excluding carboxylic acids is 1. The lowest BCUT2D eigenvalue weighted by molar-refractivity contribution is -0.154. The smallest absolute Gasteiger partial charge is 0.159 e. The monoisotopic (exact) mass is 493 g/mol. The average molecular weight is 494 g/mol. The Kier molecular flexibility index (Phi) is 6.17. The Morgan fingerprint density at radius 3 is 2.67 bits per heavy atom. The first-order valence-electron chi connectivity index (χ1n) is 14.3. The highest BCUT2D eigenvalue weighted by atomic mass is 16.5. The highest BCUT2D eigenvalue weighted by Gasteiger charge is 2.62. The molecule has 8 atom stereocenters. The number of methoxy groups -OCH3 is 2. The van der Waals surface area contributed by atoms with Crippen LogP contribution in [0, 0.1) is 46.3 Å². The summed E-state index contributed by atoms with van der Waals surface area (Å²) >= 11 is 0. The van der Waals surface area contributed by atoms with Gasteiger partial charge < -0.3 is 9.47 Å². The summed E-state index contributed by atoms with van der Waals surface area (Å²) in [6.45, 7) is 6.09. The number of rotatable bonds is 6. The molecule has 0 amide bonds. The van der Waals surface area contributed by atoms with E-state index in [1.54, 1.807) is 11.9 Å². The van der Waals surface area contributed by atoms with Crippen LogP contribution in [0.4, 0.5) is 0 Å². The Morgan fingerprint density at radius 1 is 1.03 bits per heavy atom. The number of aromatic nitrogens is 3. The van der Waals surface area contributed by atoms with Gasteiger partial charge in [0, 0.05) is 19.1 Å². The minimum atomic E-state index is 0.108. The fraction of sp³-hybridized carbons (Fsp3) is 0.767. The van der Waals surface area contributed by atoms with Crippen LogP contribution in [0.5, 0.6) is 5.75 Å². The zero-order valence-electron chi connectivity index (χ0n) is 22.5. The molecule has 1 aromatic carbocycles. The second kappa shape index (κ2) is 9.11. The summed E-state index contributed by atoms with van der Waals surface area (Å²) in [6, 6.07) is 5.69. The Morgan fingerprint density at radius 2 is 1.86 bits per heavy atom. The van der Waals surface area contributed by atoms with Crippen molar-refractivity contribution < 1.29 is 14.3 Å². The van der Waals surface area contributed by atoms with Crippen molar-refractivity contribution in [1.29, 1.82) is 0 Å². The number of Topliss-reactive ketones (excluding diaryl/α,β-unsaturated/α-hetero) is 1. The van der Waals surface area contributed by atoms with Crippen LogP contribution in [-0.2, 0) is 16.1 Å². The quantitative estimate of drug-likeness (QED) is 0.499. The maximum atomic E-state index is 13.7. The van der Waals surface area contributed by atoms with Crippen LogP contribution in [0.15, 0.2) is 18.2 Å². The van der Waals surface area contributed by atoms with E-state index in [0.29, 0.717) is 17.1 Å². The molecule has 196 valence electrons. The highest BCUT2D eigenvalue weighted by molar-refractivity contribution is 5.82. The number of hydrogen-bond donors (Lipinski definition) is 0. The van der Waals surface area contributed by atoms with Gasteiger partial charge in [0.15, 0.2) is 5.78 Å². The number of nitrogens with zero attached hydrogens (tertiary/aromatic N) is 3. The molecule has 6 nitrogen and oxygen atoms in total. The van der Waals surface area contributed by atoms with Crippen molar-refractivity contribution in [1.82, 2.24) is 15.0 Å². The predicted octanol–water partition coefficient (Wildman–Crippen LogP) is 5.93. The fourth-order valence-corrected chi connectivity index (χ4v) is 9.73. The minimum Gasteiger partial charge on any atom is -0.497 e. The lowest BCUT2D eigenvalue weighted by Gasteiger charge is -2.61. The summed E-state index contributed by atoms with van der Waals surface area (Å²) in [7, 11) is 3.56. The first kappa shape index (κ1) is 24.4. The molecule has 6 rings (SSSR count). The number of ether oxygens (including phenoxy) is 2. The molecule has 0 bridgehead atoms. The number of carbonyl (C=O) groups is 1. The zero-order valence-corrected chi connectivity index (χ0v) is 22.5. The summed E-state index contributed by atoms with van der Waals surface area (Å²) in [4.78, 5) is 15.3. The molecule has 4 fully saturated rings. The van der Waals surface area contributed by atoms with E-state index in [0.717, 1.165) is 53.5 Å². The van der Waals surface area contributed by atoms with Crippen LogP contribution in [0.1, 0.15) is 71.6 Å². The number of ketones is 1. The maximum Gasteiger partial charge on any atom is 0.159 e. The van der Waals surface area contributed by atoms with E-state index in [4.69, 9.17) is 9.47 Å². The zero-order chi connectivity index (χ0) is 25.1. The van der Waals surface area contributed by atoms with E-state index in [9.17, 15) is 4.79 Å². The largest absolute Gasteiger partial charge is 0.497 e. The molecule has 4 saturated carbocycles. The van der Waals surface area contributed by atoms with Gasteiger partial charge in [-0.25, -0.2) is 0 Å². The third-order valence-electron chi connectivity index (χ3n) is 11.4. The van der Waals surface area contributed by atoms with Gasteiger partial charge in [-0.2, -0.15) is 15.0 Å². The molecular formula is C30H43N3O3. The molecule has 0 aliphatic heterocycles. The lowest BCUT2D eigenvalue weighted by atomic mass is 9.44. The van der Waals surface area contributed by atoms with E-state index >= 15 is 0 Å². The predicted molar refractivity (Wildman–Crippen MR) is 140 cm³/mol. The molecule has 0 radical (unpaired) electrons. The van der Waals surface area contributed by atoms with E-state index in [2.05, 4.69) is 24.0 Å². The molecular weight excluding hydrogens is 450 g/mol.